The number of nitrogens with zero attached hydrogens (tertiary/aromatic N) is 4. The highest BCUT2D eigenvalue weighted by Gasteiger charge is 2.51. The molecule has 1 amide bonds. The van der Waals surface area contributed by atoms with Crippen molar-refractivity contribution in [3.05, 3.63) is 22.6 Å². The maximum atomic E-state index is 13.3. The lowest BCUT2D eigenvalue weighted by atomic mass is 9.78. The second-order valence-electron chi connectivity index (χ2n) is 7.93. The third-order valence-electron chi connectivity index (χ3n) is 6.17. The number of carbonyl (C=O) groups is 1. The molecule has 1 atom stereocenters. The van der Waals surface area contributed by atoms with Gasteiger partial charge < -0.3 is 14.5 Å². The fourth-order valence-electron chi connectivity index (χ4n) is 4.82. The van der Waals surface area contributed by atoms with Crippen molar-refractivity contribution in [1.82, 2.24) is 14.8 Å². The van der Waals surface area contributed by atoms with Crippen molar-refractivity contribution in [2.45, 2.75) is 32.2 Å². The molecule has 0 bridgehead atoms. The van der Waals surface area contributed by atoms with Crippen LogP contribution >= 0.6 is 15.9 Å². The SMILES string of the molecule is CCOC(=O)N1CC2(CC[C@@H](N3CCN(c4ncc(F)cc4Br)CC3)C2)C1. The molecule has 1 aromatic heterocycles. The third-order valence-corrected chi connectivity index (χ3v) is 6.76. The van der Waals surface area contributed by atoms with Crippen molar-refractivity contribution in [3.63, 3.8) is 0 Å². The molecule has 4 rings (SSSR count). The van der Waals surface area contributed by atoms with Crippen LogP contribution in [0.3, 0.4) is 0 Å². The summed E-state index contributed by atoms with van der Waals surface area (Å²) in [4.78, 5) is 22.7. The largest absolute Gasteiger partial charge is 0.450 e. The molecule has 6 nitrogen and oxygen atoms in total. The summed E-state index contributed by atoms with van der Waals surface area (Å²) in [5, 5.41) is 0. The van der Waals surface area contributed by atoms with Gasteiger partial charge in [-0.05, 0) is 48.2 Å². The molecule has 3 fully saturated rings. The van der Waals surface area contributed by atoms with E-state index in [-0.39, 0.29) is 11.9 Å². The number of ether oxygens (including phenoxy) is 1. The predicted octanol–water partition coefficient (Wildman–Crippen LogP) is 3.12. The summed E-state index contributed by atoms with van der Waals surface area (Å²) in [5.74, 6) is 0.501. The zero-order valence-corrected chi connectivity index (χ0v) is 17.3. The van der Waals surface area contributed by atoms with Crippen LogP contribution in [-0.2, 0) is 4.74 Å². The molecule has 8 heteroatoms. The zero-order valence-electron chi connectivity index (χ0n) is 15.7. The Hall–Kier alpha value is -1.41. The first-order valence-corrected chi connectivity index (χ1v) is 10.5. The summed E-state index contributed by atoms with van der Waals surface area (Å²) < 4.78 is 19.1. The van der Waals surface area contributed by atoms with Gasteiger partial charge in [0.05, 0.1) is 17.3 Å². The van der Waals surface area contributed by atoms with Gasteiger partial charge in [-0.3, -0.25) is 4.90 Å². The van der Waals surface area contributed by atoms with Gasteiger partial charge in [0.25, 0.3) is 0 Å². The molecule has 0 radical (unpaired) electrons. The molecule has 3 heterocycles. The van der Waals surface area contributed by atoms with E-state index in [4.69, 9.17) is 4.74 Å². The van der Waals surface area contributed by atoms with Gasteiger partial charge in [0, 0.05) is 50.7 Å². The monoisotopic (exact) mass is 440 g/mol. The Morgan fingerprint density at radius 3 is 2.78 bits per heavy atom. The highest BCUT2D eigenvalue weighted by molar-refractivity contribution is 9.10. The van der Waals surface area contributed by atoms with E-state index >= 15 is 0 Å². The van der Waals surface area contributed by atoms with Crippen LogP contribution in [0.25, 0.3) is 0 Å². The smallest absolute Gasteiger partial charge is 0.409 e. The van der Waals surface area contributed by atoms with Gasteiger partial charge in [0.15, 0.2) is 0 Å². The number of likely N-dealkylation sites (tertiary alicyclic amines) is 1. The number of pyridine rings is 1. The molecule has 3 aliphatic rings. The van der Waals surface area contributed by atoms with Gasteiger partial charge in [-0.2, -0.15) is 0 Å². The summed E-state index contributed by atoms with van der Waals surface area (Å²) in [6.45, 7) is 7.75. The number of amides is 1. The minimum Gasteiger partial charge on any atom is -0.450 e. The van der Waals surface area contributed by atoms with E-state index in [0.29, 0.717) is 22.5 Å². The Labute approximate surface area is 167 Å². The minimum atomic E-state index is -0.321. The number of carbonyl (C=O) groups excluding carboxylic acids is 1. The lowest BCUT2D eigenvalue weighted by Crippen LogP contribution is -2.58. The average Bonchev–Trinajstić information content (AvgIpc) is 3.07. The van der Waals surface area contributed by atoms with Crippen molar-refractivity contribution < 1.29 is 13.9 Å². The number of halogens is 2. The van der Waals surface area contributed by atoms with E-state index in [0.717, 1.165) is 45.1 Å². The molecule has 1 aromatic rings. The van der Waals surface area contributed by atoms with Crippen molar-refractivity contribution in [2.75, 3.05) is 50.8 Å². The molecule has 1 aliphatic carbocycles. The van der Waals surface area contributed by atoms with E-state index in [1.807, 2.05) is 11.8 Å². The van der Waals surface area contributed by atoms with Crippen LogP contribution in [0.1, 0.15) is 26.2 Å². The Morgan fingerprint density at radius 2 is 2.11 bits per heavy atom. The number of anilines is 1. The maximum Gasteiger partial charge on any atom is 0.409 e. The summed E-state index contributed by atoms with van der Waals surface area (Å²) in [5.41, 5.74) is 0.302. The molecular formula is C19H26BrFN4O2. The molecule has 0 aromatic carbocycles. The average molecular weight is 441 g/mol. The topological polar surface area (TPSA) is 48.9 Å². The molecule has 2 saturated heterocycles. The molecular weight excluding hydrogens is 415 g/mol. The van der Waals surface area contributed by atoms with Gasteiger partial charge in [-0.25, -0.2) is 14.2 Å². The van der Waals surface area contributed by atoms with Gasteiger partial charge in [0.2, 0.25) is 0 Å². The molecule has 148 valence electrons. The Morgan fingerprint density at radius 1 is 1.37 bits per heavy atom. The molecule has 0 unspecified atom stereocenters. The number of hydrogen-bond acceptors (Lipinski definition) is 5. The summed E-state index contributed by atoms with van der Waals surface area (Å²) in [7, 11) is 0. The molecule has 2 aliphatic heterocycles. The van der Waals surface area contributed by atoms with Crippen LogP contribution < -0.4 is 4.90 Å². The summed E-state index contributed by atoms with van der Waals surface area (Å²) in [6, 6.07) is 2.07. The summed E-state index contributed by atoms with van der Waals surface area (Å²) in [6.07, 6.45) is 4.67. The van der Waals surface area contributed by atoms with Crippen molar-refractivity contribution >= 4 is 27.8 Å². The van der Waals surface area contributed by atoms with Crippen LogP contribution in [0.4, 0.5) is 15.0 Å². The van der Waals surface area contributed by atoms with Crippen LogP contribution in [0, 0.1) is 11.2 Å². The van der Waals surface area contributed by atoms with Crippen LogP contribution in [0.15, 0.2) is 16.7 Å². The molecule has 27 heavy (non-hydrogen) atoms. The van der Waals surface area contributed by atoms with Gasteiger partial charge in [-0.15, -0.1) is 0 Å². The number of rotatable bonds is 3. The summed E-state index contributed by atoms with van der Waals surface area (Å²) >= 11 is 3.42. The Balaban J connectivity index is 1.28. The first kappa shape index (κ1) is 18.9. The van der Waals surface area contributed by atoms with Gasteiger partial charge in [-0.1, -0.05) is 0 Å². The van der Waals surface area contributed by atoms with Gasteiger partial charge in [0.1, 0.15) is 11.6 Å². The van der Waals surface area contributed by atoms with E-state index in [2.05, 4.69) is 30.7 Å². The second-order valence-corrected chi connectivity index (χ2v) is 8.79. The first-order valence-electron chi connectivity index (χ1n) is 9.71. The fraction of sp³-hybridized carbons (Fsp3) is 0.684. The lowest BCUT2D eigenvalue weighted by Gasteiger charge is -2.48. The van der Waals surface area contributed by atoms with E-state index < -0.39 is 0 Å². The van der Waals surface area contributed by atoms with Crippen molar-refractivity contribution in [1.29, 1.82) is 0 Å². The Bertz CT molecular complexity index is 705. The standard InChI is InChI=1S/C19H26BrFN4O2/c1-2-27-18(26)25-12-19(13-25)4-3-15(10-19)23-5-7-24(8-6-23)17-16(20)9-14(21)11-22-17/h9,11,15H,2-8,10,12-13H2,1H3/t15-/m1/s1. The van der Waals surface area contributed by atoms with E-state index in [1.165, 1.54) is 31.5 Å². The zero-order chi connectivity index (χ0) is 19.0. The van der Waals surface area contributed by atoms with E-state index in [1.54, 1.807) is 0 Å². The lowest BCUT2D eigenvalue weighted by molar-refractivity contribution is -0.00294. The third kappa shape index (κ3) is 3.78. The maximum absolute atomic E-state index is 13.3. The normalized spacial score (nSPS) is 24.9. The molecule has 1 spiro atoms. The highest BCUT2D eigenvalue weighted by atomic mass is 79.9. The Kier molecular flexibility index (Phi) is 5.29. The quantitative estimate of drug-likeness (QED) is 0.722. The highest BCUT2D eigenvalue weighted by Crippen LogP contribution is 2.47. The van der Waals surface area contributed by atoms with Gasteiger partial charge >= 0.3 is 6.09 Å². The van der Waals surface area contributed by atoms with E-state index in [9.17, 15) is 9.18 Å². The molecule has 1 saturated carbocycles. The molecule has 0 N–H and O–H groups in total. The number of aromatic nitrogens is 1. The number of piperazine rings is 1. The first-order chi connectivity index (χ1) is 13.0. The minimum absolute atomic E-state index is 0.169. The van der Waals surface area contributed by atoms with Crippen molar-refractivity contribution in [3.8, 4) is 0 Å². The van der Waals surface area contributed by atoms with Crippen LogP contribution in [0.5, 0.6) is 0 Å². The van der Waals surface area contributed by atoms with Crippen LogP contribution in [-0.4, -0.2) is 72.8 Å². The fourth-order valence-corrected chi connectivity index (χ4v) is 5.39. The second kappa shape index (κ2) is 7.54. The predicted molar refractivity (Wildman–Crippen MR) is 104 cm³/mol. The van der Waals surface area contributed by atoms with Crippen LogP contribution in [0.2, 0.25) is 0 Å². The number of hydrogen-bond donors (Lipinski definition) is 0. The van der Waals surface area contributed by atoms with Crippen molar-refractivity contribution in [2.24, 2.45) is 5.41 Å².